The van der Waals surface area contributed by atoms with Crippen molar-refractivity contribution in [2.75, 3.05) is 18.0 Å². The van der Waals surface area contributed by atoms with Crippen LogP contribution in [0, 0.1) is 0 Å². The predicted octanol–water partition coefficient (Wildman–Crippen LogP) is 1.68. The molecule has 6 nitrogen and oxygen atoms in total. The first-order chi connectivity index (χ1) is 13.0. The molecular weight excluding hydrogens is 342 g/mol. The first-order valence-corrected chi connectivity index (χ1v) is 8.98. The molecule has 0 aromatic heterocycles. The Morgan fingerprint density at radius 1 is 1.00 bits per heavy atom. The quantitative estimate of drug-likeness (QED) is 0.625. The van der Waals surface area contributed by atoms with Crippen molar-refractivity contribution >= 4 is 23.3 Å². The highest BCUT2D eigenvalue weighted by Gasteiger charge is 2.26. The van der Waals surface area contributed by atoms with E-state index >= 15 is 0 Å². The molecule has 6 heteroatoms. The molecule has 0 aliphatic carbocycles. The Bertz CT molecular complexity index is 763. The number of hydrogen-bond acceptors (Lipinski definition) is 4. The number of primary amides is 1. The van der Waals surface area contributed by atoms with Gasteiger partial charge in [-0.3, -0.25) is 14.4 Å². The van der Waals surface area contributed by atoms with Crippen LogP contribution in [0.5, 0.6) is 0 Å². The Morgan fingerprint density at radius 3 is 2.15 bits per heavy atom. The van der Waals surface area contributed by atoms with E-state index in [1.165, 1.54) is 0 Å². The molecular formula is C21H25N3O3. The molecule has 27 heavy (non-hydrogen) atoms. The van der Waals surface area contributed by atoms with E-state index in [9.17, 15) is 14.4 Å². The number of para-hydroxylation sites is 1. The zero-order valence-corrected chi connectivity index (χ0v) is 15.4. The van der Waals surface area contributed by atoms with Crippen molar-refractivity contribution in [3.05, 3.63) is 66.2 Å². The van der Waals surface area contributed by atoms with Crippen molar-refractivity contribution < 1.29 is 14.4 Å². The highest BCUT2D eigenvalue weighted by atomic mass is 16.2. The Morgan fingerprint density at radius 2 is 1.59 bits per heavy atom. The number of amides is 2. The summed E-state index contributed by atoms with van der Waals surface area (Å²) in [5, 5.41) is 2.67. The van der Waals surface area contributed by atoms with Crippen molar-refractivity contribution in [2.45, 2.75) is 25.8 Å². The zero-order chi connectivity index (χ0) is 19.6. The summed E-state index contributed by atoms with van der Waals surface area (Å²) in [7, 11) is 0. The lowest BCUT2D eigenvalue weighted by molar-refractivity contribution is -0.138. The van der Waals surface area contributed by atoms with Crippen LogP contribution in [0.2, 0.25) is 0 Å². The van der Waals surface area contributed by atoms with E-state index in [0.29, 0.717) is 6.54 Å². The Balaban J connectivity index is 2.09. The molecule has 0 saturated carbocycles. The van der Waals surface area contributed by atoms with Crippen LogP contribution in [0.3, 0.4) is 0 Å². The van der Waals surface area contributed by atoms with Crippen LogP contribution in [0.25, 0.3) is 0 Å². The lowest BCUT2D eigenvalue weighted by atomic mass is 10.0. The molecule has 3 N–H and O–H groups in total. The summed E-state index contributed by atoms with van der Waals surface area (Å²) in [4.78, 5) is 38.0. The van der Waals surface area contributed by atoms with Gasteiger partial charge in [0.05, 0.1) is 6.54 Å². The molecule has 2 aromatic carbocycles. The van der Waals surface area contributed by atoms with Crippen LogP contribution in [0.4, 0.5) is 5.69 Å². The van der Waals surface area contributed by atoms with Crippen LogP contribution in [-0.4, -0.2) is 36.7 Å². The van der Waals surface area contributed by atoms with Gasteiger partial charge >= 0.3 is 0 Å². The molecule has 0 radical (unpaired) electrons. The monoisotopic (exact) mass is 367 g/mol. The average Bonchev–Trinajstić information content (AvgIpc) is 2.68. The normalized spacial score (nSPS) is 11.4. The molecule has 0 heterocycles. The lowest BCUT2D eigenvalue weighted by Gasteiger charge is -2.25. The van der Waals surface area contributed by atoms with Gasteiger partial charge in [-0.25, -0.2) is 0 Å². The molecule has 0 fully saturated rings. The number of rotatable bonds is 10. The summed E-state index contributed by atoms with van der Waals surface area (Å²) in [6.07, 6.45) is 1.09. The number of carbonyl (C=O) groups is 3. The minimum absolute atomic E-state index is 0.0924. The smallest absolute Gasteiger partial charge is 0.287 e. The molecule has 0 saturated heterocycles. The van der Waals surface area contributed by atoms with E-state index in [-0.39, 0.29) is 18.9 Å². The third kappa shape index (κ3) is 6.26. The van der Waals surface area contributed by atoms with Gasteiger partial charge in [-0.05, 0) is 24.1 Å². The summed E-state index contributed by atoms with van der Waals surface area (Å²) in [5.41, 5.74) is 6.92. The number of Topliss-reactive ketones (excluding diaryl/α,β-unsaturated/α-hetero) is 1. The maximum absolute atomic E-state index is 12.6. The number of ketones is 1. The molecule has 142 valence electrons. The number of benzene rings is 2. The van der Waals surface area contributed by atoms with Gasteiger partial charge in [0.25, 0.3) is 5.91 Å². The van der Waals surface area contributed by atoms with Crippen molar-refractivity contribution in [1.29, 1.82) is 0 Å². The molecule has 0 aliphatic heterocycles. The Hall–Kier alpha value is -3.15. The summed E-state index contributed by atoms with van der Waals surface area (Å²) >= 11 is 0. The van der Waals surface area contributed by atoms with E-state index in [2.05, 4.69) is 5.32 Å². The number of nitrogens with two attached hydrogens (primary N) is 1. The summed E-state index contributed by atoms with van der Waals surface area (Å²) < 4.78 is 0. The summed E-state index contributed by atoms with van der Waals surface area (Å²) in [6, 6.07) is 17.8. The number of nitrogens with one attached hydrogen (secondary N) is 1. The van der Waals surface area contributed by atoms with E-state index in [0.717, 1.165) is 17.7 Å². The second-order valence-corrected chi connectivity index (χ2v) is 6.30. The largest absolute Gasteiger partial charge is 0.363 e. The van der Waals surface area contributed by atoms with E-state index in [1.54, 1.807) is 0 Å². The van der Waals surface area contributed by atoms with Gasteiger partial charge in [0.1, 0.15) is 6.04 Å². The highest BCUT2D eigenvalue weighted by Crippen LogP contribution is 2.13. The lowest BCUT2D eigenvalue weighted by Crippen LogP contribution is -2.50. The van der Waals surface area contributed by atoms with E-state index in [1.807, 2.05) is 72.5 Å². The van der Waals surface area contributed by atoms with Crippen molar-refractivity contribution in [2.24, 2.45) is 5.73 Å². The third-order valence-electron chi connectivity index (χ3n) is 4.13. The van der Waals surface area contributed by atoms with Gasteiger partial charge in [0.2, 0.25) is 11.7 Å². The van der Waals surface area contributed by atoms with Crippen molar-refractivity contribution in [3.8, 4) is 0 Å². The minimum atomic E-state index is -1.05. The molecule has 0 bridgehead atoms. The maximum atomic E-state index is 12.6. The van der Waals surface area contributed by atoms with Crippen LogP contribution in [0.1, 0.15) is 18.9 Å². The van der Waals surface area contributed by atoms with Crippen LogP contribution >= 0.6 is 0 Å². The van der Waals surface area contributed by atoms with Crippen LogP contribution in [-0.2, 0) is 20.8 Å². The molecule has 1 atom stereocenters. The van der Waals surface area contributed by atoms with Crippen molar-refractivity contribution in [3.63, 3.8) is 0 Å². The van der Waals surface area contributed by atoms with Crippen LogP contribution in [0.15, 0.2) is 60.7 Å². The second kappa shape index (κ2) is 10.1. The fourth-order valence-corrected chi connectivity index (χ4v) is 2.85. The minimum Gasteiger partial charge on any atom is -0.363 e. The molecule has 0 unspecified atom stereocenters. The molecule has 0 spiro atoms. The first kappa shape index (κ1) is 20.2. The number of carbonyl (C=O) groups excluding carboxylic acids is 3. The Kier molecular flexibility index (Phi) is 7.55. The standard InChI is InChI=1S/C21H25N3O3/c1-2-13-24(17-11-7-4-8-12-17)15-19(25)23-18(20(26)21(22)27)14-16-9-5-3-6-10-16/h3-12,18H,2,13-15H2,1H3,(H2,22,27)(H,23,25)/t18-/m0/s1. The van der Waals surface area contributed by atoms with Crippen LogP contribution < -0.4 is 16.0 Å². The highest BCUT2D eigenvalue weighted by molar-refractivity contribution is 6.37. The topological polar surface area (TPSA) is 92.5 Å². The first-order valence-electron chi connectivity index (χ1n) is 8.98. The maximum Gasteiger partial charge on any atom is 0.287 e. The summed E-state index contributed by atoms with van der Waals surface area (Å²) in [5.74, 6) is -2.18. The van der Waals surface area contributed by atoms with Gasteiger partial charge in [0.15, 0.2) is 0 Å². The molecule has 2 aromatic rings. The van der Waals surface area contributed by atoms with Gasteiger partial charge in [-0.15, -0.1) is 0 Å². The molecule has 0 aliphatic rings. The fraction of sp³-hybridized carbons (Fsp3) is 0.286. The van der Waals surface area contributed by atoms with Gasteiger partial charge in [-0.2, -0.15) is 0 Å². The number of hydrogen-bond donors (Lipinski definition) is 2. The average molecular weight is 367 g/mol. The van der Waals surface area contributed by atoms with Gasteiger partial charge in [-0.1, -0.05) is 55.5 Å². The number of nitrogens with zero attached hydrogens (tertiary/aromatic N) is 1. The molecule has 2 amide bonds. The second-order valence-electron chi connectivity index (χ2n) is 6.30. The summed E-state index contributed by atoms with van der Waals surface area (Å²) in [6.45, 7) is 2.82. The predicted molar refractivity (Wildman–Crippen MR) is 105 cm³/mol. The molecule has 2 rings (SSSR count). The van der Waals surface area contributed by atoms with Crippen molar-refractivity contribution in [1.82, 2.24) is 5.32 Å². The van der Waals surface area contributed by atoms with E-state index < -0.39 is 17.7 Å². The van der Waals surface area contributed by atoms with E-state index in [4.69, 9.17) is 5.73 Å². The number of anilines is 1. The zero-order valence-electron chi connectivity index (χ0n) is 15.4. The van der Waals surface area contributed by atoms with Gasteiger partial charge < -0.3 is 16.0 Å². The Labute approximate surface area is 159 Å². The fourth-order valence-electron chi connectivity index (χ4n) is 2.85. The van der Waals surface area contributed by atoms with Gasteiger partial charge in [0, 0.05) is 18.7 Å². The third-order valence-corrected chi connectivity index (χ3v) is 4.13. The SMILES string of the molecule is CCCN(CC(=O)N[C@@H](Cc1ccccc1)C(=O)C(N)=O)c1ccccc1.